The molecule has 3 nitrogen and oxygen atoms in total. The summed E-state index contributed by atoms with van der Waals surface area (Å²) in [6.45, 7) is 4.37. The minimum atomic E-state index is 0.168. The van der Waals surface area contributed by atoms with E-state index in [9.17, 15) is 0 Å². The van der Waals surface area contributed by atoms with Crippen molar-refractivity contribution >= 4 is 29.0 Å². The SMILES string of the molecule is Cc1cccc(C2Nc3cc(NSc4ccccc4)ccc3N2C)c1C. The third-order valence-electron chi connectivity index (χ3n) is 5.03. The summed E-state index contributed by atoms with van der Waals surface area (Å²) in [5.74, 6) is 0. The first-order chi connectivity index (χ1) is 12.6. The minimum Gasteiger partial charge on any atom is -0.360 e. The molecule has 1 heterocycles. The number of nitrogens with one attached hydrogen (secondary N) is 2. The molecule has 26 heavy (non-hydrogen) atoms. The second-order valence-corrected chi connectivity index (χ2v) is 7.58. The topological polar surface area (TPSA) is 27.3 Å². The molecule has 1 atom stereocenters. The number of benzene rings is 3. The highest BCUT2D eigenvalue weighted by Gasteiger charge is 2.28. The standard InChI is InChI=1S/C22H23N3S/c1-15-8-7-11-19(16(15)2)22-23-20-14-17(12-13-21(20)25(22)3)24-26-18-9-5-4-6-10-18/h4-14,22-24H,1-3H3. The van der Waals surface area contributed by atoms with Crippen LogP contribution < -0.4 is 14.9 Å². The van der Waals surface area contributed by atoms with E-state index in [1.807, 2.05) is 6.07 Å². The summed E-state index contributed by atoms with van der Waals surface area (Å²) in [5, 5.41) is 3.68. The van der Waals surface area contributed by atoms with Gasteiger partial charge in [-0.05, 0) is 72.8 Å². The summed E-state index contributed by atoms with van der Waals surface area (Å²) in [5.41, 5.74) is 7.50. The number of hydrogen-bond donors (Lipinski definition) is 2. The molecule has 0 saturated carbocycles. The molecule has 1 unspecified atom stereocenters. The van der Waals surface area contributed by atoms with Crippen molar-refractivity contribution in [1.29, 1.82) is 0 Å². The van der Waals surface area contributed by atoms with Crippen LogP contribution in [0.3, 0.4) is 0 Å². The quantitative estimate of drug-likeness (QED) is 0.559. The molecule has 2 N–H and O–H groups in total. The Labute approximate surface area is 159 Å². The van der Waals surface area contributed by atoms with Gasteiger partial charge in [-0.25, -0.2) is 0 Å². The molecule has 132 valence electrons. The molecule has 1 aliphatic rings. The van der Waals surface area contributed by atoms with E-state index < -0.39 is 0 Å². The van der Waals surface area contributed by atoms with Crippen LogP contribution in [-0.4, -0.2) is 7.05 Å². The first-order valence-electron chi connectivity index (χ1n) is 8.81. The lowest BCUT2D eigenvalue weighted by molar-refractivity contribution is 0.784. The molecule has 4 heteroatoms. The maximum Gasteiger partial charge on any atom is 0.126 e. The van der Waals surface area contributed by atoms with Crippen LogP contribution in [0.1, 0.15) is 22.9 Å². The maximum absolute atomic E-state index is 3.68. The van der Waals surface area contributed by atoms with Gasteiger partial charge in [-0.1, -0.05) is 36.4 Å². The van der Waals surface area contributed by atoms with Crippen molar-refractivity contribution in [3.63, 3.8) is 0 Å². The Bertz CT molecular complexity index is 924. The normalized spacial score (nSPS) is 15.5. The number of hydrogen-bond acceptors (Lipinski definition) is 4. The summed E-state index contributed by atoms with van der Waals surface area (Å²) < 4.78 is 3.44. The van der Waals surface area contributed by atoms with Crippen molar-refractivity contribution in [1.82, 2.24) is 0 Å². The van der Waals surface area contributed by atoms with Crippen LogP contribution in [0.2, 0.25) is 0 Å². The molecule has 0 aromatic heterocycles. The molecule has 0 amide bonds. The first kappa shape index (κ1) is 16.9. The zero-order valence-corrected chi connectivity index (χ0v) is 16.1. The van der Waals surface area contributed by atoms with E-state index in [1.165, 1.54) is 27.3 Å². The van der Waals surface area contributed by atoms with Gasteiger partial charge in [0.15, 0.2) is 0 Å². The Hall–Kier alpha value is -2.59. The van der Waals surface area contributed by atoms with E-state index >= 15 is 0 Å². The molecule has 0 aliphatic carbocycles. The van der Waals surface area contributed by atoms with Gasteiger partial charge < -0.3 is 14.9 Å². The molecule has 3 aromatic rings. The zero-order chi connectivity index (χ0) is 18.1. The lowest BCUT2D eigenvalue weighted by atomic mass is 10.0. The summed E-state index contributed by atoms with van der Waals surface area (Å²) >= 11 is 1.63. The highest BCUT2D eigenvalue weighted by atomic mass is 32.2. The van der Waals surface area contributed by atoms with Crippen molar-refractivity contribution in [2.45, 2.75) is 24.9 Å². The van der Waals surface area contributed by atoms with Crippen LogP contribution in [0, 0.1) is 13.8 Å². The predicted octanol–water partition coefficient (Wildman–Crippen LogP) is 5.98. The van der Waals surface area contributed by atoms with Crippen LogP contribution in [0.5, 0.6) is 0 Å². The Morgan fingerprint density at radius 1 is 0.962 bits per heavy atom. The molecular weight excluding hydrogens is 338 g/mol. The second-order valence-electron chi connectivity index (χ2n) is 6.70. The minimum absolute atomic E-state index is 0.168. The number of fused-ring (bicyclic) bond motifs is 1. The molecule has 0 fully saturated rings. The molecule has 0 bridgehead atoms. The largest absolute Gasteiger partial charge is 0.360 e. The Kier molecular flexibility index (Phi) is 4.51. The van der Waals surface area contributed by atoms with E-state index in [4.69, 9.17) is 0 Å². The van der Waals surface area contributed by atoms with Crippen molar-refractivity contribution < 1.29 is 0 Å². The Morgan fingerprint density at radius 2 is 1.77 bits per heavy atom. The fraction of sp³-hybridized carbons (Fsp3) is 0.182. The van der Waals surface area contributed by atoms with Gasteiger partial charge in [0.2, 0.25) is 0 Å². The van der Waals surface area contributed by atoms with Crippen LogP contribution in [0.25, 0.3) is 0 Å². The fourth-order valence-electron chi connectivity index (χ4n) is 3.37. The Morgan fingerprint density at radius 3 is 2.58 bits per heavy atom. The lowest BCUT2D eigenvalue weighted by Crippen LogP contribution is -2.24. The van der Waals surface area contributed by atoms with Gasteiger partial charge in [0.25, 0.3) is 0 Å². The molecule has 4 rings (SSSR count). The van der Waals surface area contributed by atoms with Crippen molar-refractivity contribution in [3.05, 3.63) is 83.4 Å². The molecule has 0 spiro atoms. The third kappa shape index (κ3) is 3.13. The van der Waals surface area contributed by atoms with E-state index in [1.54, 1.807) is 11.9 Å². The number of anilines is 3. The molecule has 0 saturated heterocycles. The first-order valence-corrected chi connectivity index (χ1v) is 9.62. The predicted molar refractivity (Wildman–Crippen MR) is 113 cm³/mol. The molecular formula is C22H23N3S. The number of rotatable bonds is 4. The van der Waals surface area contributed by atoms with Gasteiger partial charge in [-0.3, -0.25) is 0 Å². The monoisotopic (exact) mass is 361 g/mol. The third-order valence-corrected chi connectivity index (χ3v) is 5.87. The molecule has 1 aliphatic heterocycles. The van der Waals surface area contributed by atoms with Gasteiger partial charge in [-0.15, -0.1) is 0 Å². The van der Waals surface area contributed by atoms with Crippen LogP contribution >= 0.6 is 11.9 Å². The van der Waals surface area contributed by atoms with Crippen LogP contribution in [0.4, 0.5) is 17.1 Å². The summed E-state index contributed by atoms with van der Waals surface area (Å²) in [4.78, 5) is 3.51. The highest BCUT2D eigenvalue weighted by molar-refractivity contribution is 8.00. The van der Waals surface area contributed by atoms with Crippen molar-refractivity contribution in [2.24, 2.45) is 0 Å². The van der Waals surface area contributed by atoms with Gasteiger partial charge in [0.05, 0.1) is 11.4 Å². The van der Waals surface area contributed by atoms with E-state index in [-0.39, 0.29) is 6.17 Å². The van der Waals surface area contributed by atoms with Crippen LogP contribution in [-0.2, 0) is 0 Å². The van der Waals surface area contributed by atoms with Crippen molar-refractivity contribution in [2.75, 3.05) is 22.0 Å². The second kappa shape index (κ2) is 6.96. The smallest absolute Gasteiger partial charge is 0.126 e. The summed E-state index contributed by atoms with van der Waals surface area (Å²) in [6.07, 6.45) is 0.168. The summed E-state index contributed by atoms with van der Waals surface area (Å²) in [7, 11) is 2.15. The highest BCUT2D eigenvalue weighted by Crippen LogP contribution is 2.42. The number of aryl methyl sites for hydroxylation is 1. The van der Waals surface area contributed by atoms with E-state index in [0.29, 0.717) is 0 Å². The van der Waals surface area contributed by atoms with Gasteiger partial charge >= 0.3 is 0 Å². The average molecular weight is 362 g/mol. The zero-order valence-electron chi connectivity index (χ0n) is 15.3. The van der Waals surface area contributed by atoms with Crippen LogP contribution in [0.15, 0.2) is 71.6 Å². The van der Waals surface area contributed by atoms with E-state index in [0.717, 1.165) is 11.4 Å². The molecule has 0 radical (unpaired) electrons. The van der Waals surface area contributed by atoms with Gasteiger partial charge in [0.1, 0.15) is 6.17 Å². The van der Waals surface area contributed by atoms with Crippen molar-refractivity contribution in [3.8, 4) is 0 Å². The lowest BCUT2D eigenvalue weighted by Gasteiger charge is -2.24. The fourth-order valence-corrected chi connectivity index (χ4v) is 4.02. The van der Waals surface area contributed by atoms with Gasteiger partial charge in [-0.2, -0.15) is 0 Å². The number of nitrogens with zero attached hydrogens (tertiary/aromatic N) is 1. The molecule has 3 aromatic carbocycles. The van der Waals surface area contributed by atoms with E-state index in [2.05, 4.69) is 96.5 Å². The summed E-state index contributed by atoms with van der Waals surface area (Å²) in [6, 6.07) is 23.4. The maximum atomic E-state index is 3.68. The van der Waals surface area contributed by atoms with Gasteiger partial charge in [0, 0.05) is 17.6 Å². The Balaban J connectivity index is 1.55. The average Bonchev–Trinajstić information content (AvgIpc) is 2.99.